The van der Waals surface area contributed by atoms with Crippen LogP contribution in [-0.4, -0.2) is 47.6 Å². The zero-order valence-electron chi connectivity index (χ0n) is 11.6. The Kier molecular flexibility index (Phi) is 3.85. The number of rotatable bonds is 2. The number of carbonyl (C=O) groups excluding carboxylic acids is 2. The smallest absolute Gasteiger partial charge is 0.407 e. The van der Waals surface area contributed by atoms with E-state index < -0.39 is 0 Å². The summed E-state index contributed by atoms with van der Waals surface area (Å²) < 4.78 is 4.99. The van der Waals surface area contributed by atoms with Crippen molar-refractivity contribution in [3.63, 3.8) is 0 Å². The van der Waals surface area contributed by atoms with E-state index in [1.165, 1.54) is 0 Å². The number of likely N-dealkylation sites (tertiary alicyclic amines) is 1. The van der Waals surface area contributed by atoms with Crippen LogP contribution in [0.3, 0.4) is 0 Å². The maximum absolute atomic E-state index is 12.2. The zero-order valence-corrected chi connectivity index (χ0v) is 11.6. The fraction of sp³-hybridized carbons (Fsp3) is 0.400. The summed E-state index contributed by atoms with van der Waals surface area (Å²) >= 11 is 0. The lowest BCUT2D eigenvalue weighted by Crippen LogP contribution is -2.57. The predicted molar refractivity (Wildman–Crippen MR) is 76.2 cm³/mol. The predicted octanol–water partition coefficient (Wildman–Crippen LogP) is 1.05. The Hall–Kier alpha value is -2.37. The van der Waals surface area contributed by atoms with Gasteiger partial charge in [-0.25, -0.2) is 4.79 Å². The summed E-state index contributed by atoms with van der Waals surface area (Å²) in [5.41, 5.74) is 0.897. The minimum absolute atomic E-state index is 0.0193. The highest BCUT2D eigenvalue weighted by molar-refractivity contribution is 5.91. The summed E-state index contributed by atoms with van der Waals surface area (Å²) in [6, 6.07) is 3.85. The van der Waals surface area contributed by atoms with E-state index in [0.717, 1.165) is 12.0 Å². The number of carbonyl (C=O) groups is 2. The summed E-state index contributed by atoms with van der Waals surface area (Å²) in [7, 11) is 0. The van der Waals surface area contributed by atoms with E-state index in [4.69, 9.17) is 4.74 Å². The van der Waals surface area contributed by atoms with Crippen molar-refractivity contribution in [2.24, 2.45) is 5.92 Å². The maximum atomic E-state index is 12.2. The van der Waals surface area contributed by atoms with Crippen molar-refractivity contribution >= 4 is 18.1 Å². The molecule has 2 amide bonds. The third-order valence-corrected chi connectivity index (χ3v) is 3.88. The summed E-state index contributed by atoms with van der Waals surface area (Å²) in [5, 5.41) is 2.81. The Morgan fingerprint density at radius 1 is 1.52 bits per heavy atom. The van der Waals surface area contributed by atoms with Gasteiger partial charge in [-0.05, 0) is 24.1 Å². The Morgan fingerprint density at radius 3 is 3.24 bits per heavy atom. The van der Waals surface area contributed by atoms with Gasteiger partial charge >= 0.3 is 6.09 Å². The number of nitrogens with one attached hydrogen (secondary N) is 1. The molecule has 2 atom stereocenters. The zero-order chi connectivity index (χ0) is 14.7. The molecule has 0 bridgehead atoms. The molecular weight excluding hydrogens is 270 g/mol. The number of ether oxygens (including phenoxy) is 1. The van der Waals surface area contributed by atoms with Crippen molar-refractivity contribution in [1.29, 1.82) is 0 Å². The first-order chi connectivity index (χ1) is 10.2. The molecule has 0 aromatic carbocycles. The van der Waals surface area contributed by atoms with Gasteiger partial charge in [-0.2, -0.15) is 0 Å². The quantitative estimate of drug-likeness (QED) is 0.825. The lowest BCUT2D eigenvalue weighted by molar-refractivity contribution is -0.128. The maximum Gasteiger partial charge on any atom is 0.407 e. The fourth-order valence-electron chi connectivity index (χ4n) is 2.71. The molecule has 1 aromatic heterocycles. The second-order valence-electron chi connectivity index (χ2n) is 5.30. The van der Waals surface area contributed by atoms with Crippen LogP contribution in [0.1, 0.15) is 12.0 Å². The molecule has 110 valence electrons. The monoisotopic (exact) mass is 287 g/mol. The minimum atomic E-state index is -0.354. The molecule has 0 radical (unpaired) electrons. The van der Waals surface area contributed by atoms with Crippen molar-refractivity contribution in [2.75, 3.05) is 19.7 Å². The minimum Gasteiger partial charge on any atom is -0.449 e. The number of alkyl carbamates (subject to hydrolysis) is 1. The summed E-state index contributed by atoms with van der Waals surface area (Å²) in [5.74, 6) is 0.154. The molecule has 2 aliphatic heterocycles. The molecule has 3 heterocycles. The Bertz CT molecular complexity index is 559. The highest BCUT2D eigenvalue weighted by Crippen LogP contribution is 2.21. The molecule has 3 rings (SSSR count). The van der Waals surface area contributed by atoms with Crippen molar-refractivity contribution in [1.82, 2.24) is 15.2 Å². The van der Waals surface area contributed by atoms with Crippen molar-refractivity contribution in [3.05, 3.63) is 36.2 Å². The van der Waals surface area contributed by atoms with Crippen LogP contribution < -0.4 is 5.32 Å². The van der Waals surface area contributed by atoms with Gasteiger partial charge in [0.1, 0.15) is 0 Å². The number of hydrogen-bond acceptors (Lipinski definition) is 4. The van der Waals surface area contributed by atoms with E-state index >= 15 is 0 Å². The molecule has 6 nitrogen and oxygen atoms in total. The number of cyclic esters (lactones) is 1. The Labute approximate surface area is 122 Å². The molecule has 2 aliphatic rings. The molecule has 2 fully saturated rings. The molecule has 0 spiro atoms. The average molecular weight is 287 g/mol. The molecule has 0 aliphatic carbocycles. The second-order valence-corrected chi connectivity index (χ2v) is 5.30. The van der Waals surface area contributed by atoms with Crippen LogP contribution in [0.25, 0.3) is 6.08 Å². The first-order valence-electron chi connectivity index (χ1n) is 7.02. The summed E-state index contributed by atoms with van der Waals surface area (Å²) in [4.78, 5) is 29.2. The van der Waals surface area contributed by atoms with Crippen LogP contribution in [-0.2, 0) is 9.53 Å². The van der Waals surface area contributed by atoms with Gasteiger partial charge in [0, 0.05) is 43.5 Å². The highest BCUT2D eigenvalue weighted by atomic mass is 16.6. The number of fused-ring (bicyclic) bond motifs is 1. The van der Waals surface area contributed by atoms with E-state index in [1.807, 2.05) is 12.1 Å². The van der Waals surface area contributed by atoms with E-state index in [9.17, 15) is 9.59 Å². The summed E-state index contributed by atoms with van der Waals surface area (Å²) in [6.45, 7) is 1.64. The SMILES string of the molecule is O=C1N[C@H]2CCN(C(=O)/C=C/c3cccnc3)C[C@@H]2CO1. The van der Waals surface area contributed by atoms with Crippen molar-refractivity contribution < 1.29 is 14.3 Å². The standard InChI is InChI=1S/C15H17N3O3/c19-14(4-3-11-2-1-6-16-8-11)18-7-5-13-12(9-18)10-21-15(20)17-13/h1-4,6,8,12-13H,5,7,9-10H2,(H,17,20)/b4-3+/t12-,13+/m1/s1. The molecule has 0 saturated carbocycles. The van der Waals surface area contributed by atoms with Gasteiger partial charge < -0.3 is 15.0 Å². The first-order valence-corrected chi connectivity index (χ1v) is 7.02. The number of pyridine rings is 1. The van der Waals surface area contributed by atoms with Crippen LogP contribution in [0.4, 0.5) is 4.79 Å². The highest BCUT2D eigenvalue weighted by Gasteiger charge is 2.35. The Balaban J connectivity index is 1.59. The van der Waals surface area contributed by atoms with Gasteiger partial charge in [-0.1, -0.05) is 6.07 Å². The first kappa shape index (κ1) is 13.6. The van der Waals surface area contributed by atoms with Crippen LogP contribution in [0.15, 0.2) is 30.6 Å². The number of amides is 2. The van der Waals surface area contributed by atoms with E-state index in [1.54, 1.807) is 29.4 Å². The van der Waals surface area contributed by atoms with E-state index in [-0.39, 0.29) is 24.0 Å². The van der Waals surface area contributed by atoms with E-state index in [2.05, 4.69) is 10.3 Å². The van der Waals surface area contributed by atoms with Crippen LogP contribution >= 0.6 is 0 Å². The van der Waals surface area contributed by atoms with Gasteiger partial charge in [-0.15, -0.1) is 0 Å². The number of hydrogen-bond donors (Lipinski definition) is 1. The second kappa shape index (κ2) is 5.95. The van der Waals surface area contributed by atoms with Crippen LogP contribution in [0.2, 0.25) is 0 Å². The molecule has 2 saturated heterocycles. The lowest BCUT2D eigenvalue weighted by atomic mass is 9.92. The number of nitrogens with zero attached hydrogens (tertiary/aromatic N) is 2. The number of aromatic nitrogens is 1. The molecule has 21 heavy (non-hydrogen) atoms. The third kappa shape index (κ3) is 3.21. The molecule has 6 heteroatoms. The third-order valence-electron chi connectivity index (χ3n) is 3.88. The van der Waals surface area contributed by atoms with Crippen molar-refractivity contribution in [2.45, 2.75) is 12.5 Å². The summed E-state index contributed by atoms with van der Waals surface area (Å²) in [6.07, 6.45) is 7.15. The normalized spacial score (nSPS) is 25.1. The van der Waals surface area contributed by atoms with Gasteiger partial charge in [-0.3, -0.25) is 9.78 Å². The van der Waals surface area contributed by atoms with Gasteiger partial charge in [0.05, 0.1) is 6.61 Å². The van der Waals surface area contributed by atoms with Crippen LogP contribution in [0, 0.1) is 5.92 Å². The van der Waals surface area contributed by atoms with Gasteiger partial charge in [0.2, 0.25) is 5.91 Å². The van der Waals surface area contributed by atoms with Crippen molar-refractivity contribution in [3.8, 4) is 0 Å². The largest absolute Gasteiger partial charge is 0.449 e. The van der Waals surface area contributed by atoms with E-state index in [0.29, 0.717) is 19.7 Å². The molecule has 0 unspecified atom stereocenters. The average Bonchev–Trinajstić information content (AvgIpc) is 2.53. The molecular formula is C15H17N3O3. The lowest BCUT2D eigenvalue weighted by Gasteiger charge is -2.40. The molecule has 1 aromatic rings. The topological polar surface area (TPSA) is 71.5 Å². The molecule has 1 N–H and O–H groups in total. The Morgan fingerprint density at radius 2 is 2.43 bits per heavy atom. The number of piperidine rings is 1. The van der Waals surface area contributed by atoms with Crippen LogP contribution in [0.5, 0.6) is 0 Å². The van der Waals surface area contributed by atoms with Gasteiger partial charge in [0.15, 0.2) is 0 Å². The van der Waals surface area contributed by atoms with Gasteiger partial charge in [0.25, 0.3) is 0 Å². The fourth-order valence-corrected chi connectivity index (χ4v) is 2.71.